The van der Waals surface area contributed by atoms with E-state index < -0.39 is 25.9 Å². The molecule has 0 radical (unpaired) electrons. The van der Waals surface area contributed by atoms with Gasteiger partial charge in [-0.25, -0.2) is 8.96 Å². The van der Waals surface area contributed by atoms with Crippen molar-refractivity contribution < 1.29 is 18.9 Å². The van der Waals surface area contributed by atoms with Crippen molar-refractivity contribution in [3.63, 3.8) is 0 Å². The summed E-state index contributed by atoms with van der Waals surface area (Å²) in [6, 6.07) is 18.1. The van der Waals surface area contributed by atoms with Gasteiger partial charge in [0.25, 0.3) is 0 Å². The maximum atomic E-state index is 15.5. The average Bonchev–Trinajstić information content (AvgIpc) is 3.26. The summed E-state index contributed by atoms with van der Waals surface area (Å²) in [5.74, 6) is -3.99. The highest BCUT2D eigenvalue weighted by atomic mass is 28.3. The monoisotopic (exact) mass is 456 g/mol. The molecule has 0 atom stereocenters. The van der Waals surface area contributed by atoms with Gasteiger partial charge in [-0.3, -0.25) is 0 Å². The number of aryl methyl sites for hydroxylation is 2. The van der Waals surface area contributed by atoms with Gasteiger partial charge in [-0.05, 0) is 59.4 Å². The van der Waals surface area contributed by atoms with Crippen molar-refractivity contribution in [2.24, 2.45) is 7.05 Å². The number of fused-ring (bicyclic) bond motifs is 4. The van der Waals surface area contributed by atoms with Crippen molar-refractivity contribution in [1.29, 1.82) is 0 Å². The number of halogens is 1. The van der Waals surface area contributed by atoms with Gasteiger partial charge in [0.2, 0.25) is 5.69 Å². The minimum absolute atomic E-state index is 0.264. The van der Waals surface area contributed by atoms with Crippen molar-refractivity contribution in [2.45, 2.75) is 32.0 Å². The SMILES string of the molecule is [2H]C1([2H])c2ccc(-c3c(F)ccc4c3oc3c(-c5cccc[n+]5C)c(C)ccc34)cc2C([2H])([2H])[Si]1(C)C. The highest BCUT2D eigenvalue weighted by Gasteiger charge is 2.31. The molecule has 0 N–H and O–H groups in total. The molecule has 0 bridgehead atoms. The number of benzene rings is 3. The van der Waals surface area contributed by atoms with Crippen LogP contribution in [-0.4, -0.2) is 8.07 Å². The molecule has 2 aromatic heterocycles. The average molecular weight is 457 g/mol. The molecule has 6 rings (SSSR count). The summed E-state index contributed by atoms with van der Waals surface area (Å²) in [6.07, 6.45) is 1.98. The Hall–Kier alpha value is -3.24. The summed E-state index contributed by atoms with van der Waals surface area (Å²) >= 11 is 0. The lowest BCUT2D eigenvalue weighted by atomic mass is 9.97. The van der Waals surface area contributed by atoms with Crippen LogP contribution in [0.4, 0.5) is 4.39 Å². The van der Waals surface area contributed by atoms with E-state index in [0.29, 0.717) is 27.9 Å². The van der Waals surface area contributed by atoms with Crippen molar-refractivity contribution in [1.82, 2.24) is 0 Å². The first kappa shape index (κ1) is 16.4. The third-order valence-electron chi connectivity index (χ3n) is 6.48. The highest BCUT2D eigenvalue weighted by Crippen LogP contribution is 2.42. The molecule has 0 saturated heterocycles. The number of furan rings is 1. The van der Waals surface area contributed by atoms with Crippen LogP contribution in [0, 0.1) is 12.7 Å². The zero-order valence-electron chi connectivity index (χ0n) is 23.1. The Balaban J connectivity index is 1.65. The van der Waals surface area contributed by atoms with Crippen LogP contribution in [-0.2, 0) is 19.0 Å². The normalized spacial score (nSPS) is 19.7. The van der Waals surface area contributed by atoms with Crippen molar-refractivity contribution >= 4 is 30.0 Å². The largest absolute Gasteiger partial charge is 0.454 e. The Morgan fingerprint density at radius 3 is 2.42 bits per heavy atom. The smallest absolute Gasteiger partial charge is 0.216 e. The molecule has 1 aliphatic rings. The van der Waals surface area contributed by atoms with Crippen LogP contribution in [0.25, 0.3) is 44.3 Å². The van der Waals surface area contributed by atoms with Crippen LogP contribution in [0.5, 0.6) is 0 Å². The first-order valence-corrected chi connectivity index (χ1v) is 14.1. The predicted octanol–water partition coefficient (Wildman–Crippen LogP) is 7.08. The van der Waals surface area contributed by atoms with E-state index in [1.807, 2.05) is 55.1 Å². The molecule has 164 valence electrons. The Morgan fingerprint density at radius 2 is 1.64 bits per heavy atom. The van der Waals surface area contributed by atoms with E-state index in [-0.39, 0.29) is 5.56 Å². The third-order valence-corrected chi connectivity index (χ3v) is 8.27. The number of hydrogen-bond acceptors (Lipinski definition) is 1. The molecule has 3 heterocycles. The van der Waals surface area contributed by atoms with E-state index >= 15 is 4.39 Å². The van der Waals surface area contributed by atoms with Gasteiger partial charge < -0.3 is 4.42 Å². The van der Waals surface area contributed by atoms with Crippen LogP contribution in [0.15, 0.2) is 71.3 Å². The van der Waals surface area contributed by atoms with Gasteiger partial charge in [0.05, 0.1) is 19.2 Å². The highest BCUT2D eigenvalue weighted by molar-refractivity contribution is 6.77. The lowest BCUT2D eigenvalue weighted by molar-refractivity contribution is -0.660. The van der Waals surface area contributed by atoms with E-state index in [4.69, 9.17) is 9.90 Å². The zero-order valence-corrected chi connectivity index (χ0v) is 20.1. The fourth-order valence-corrected chi connectivity index (χ4v) is 6.80. The maximum absolute atomic E-state index is 15.5. The third kappa shape index (κ3) is 3.16. The molecule has 0 unspecified atom stereocenters. The lowest BCUT2D eigenvalue weighted by Crippen LogP contribution is -2.30. The topological polar surface area (TPSA) is 17.0 Å². The molecule has 5 aromatic rings. The molecule has 0 spiro atoms. The number of hydrogen-bond donors (Lipinski definition) is 0. The summed E-state index contributed by atoms with van der Waals surface area (Å²) in [5.41, 5.74) is 5.45. The molecular weight excluding hydrogens is 425 g/mol. The van der Waals surface area contributed by atoms with Crippen LogP contribution < -0.4 is 4.57 Å². The van der Waals surface area contributed by atoms with Gasteiger partial charge in [-0.15, -0.1) is 0 Å². The van der Waals surface area contributed by atoms with Crippen molar-refractivity contribution in [3.05, 3.63) is 89.4 Å². The van der Waals surface area contributed by atoms with Gasteiger partial charge in [-0.2, -0.15) is 0 Å². The molecule has 0 fully saturated rings. The summed E-state index contributed by atoms with van der Waals surface area (Å²) in [7, 11) is -1.05. The van der Waals surface area contributed by atoms with E-state index in [9.17, 15) is 0 Å². The van der Waals surface area contributed by atoms with Crippen LogP contribution in [0.2, 0.25) is 13.1 Å². The lowest BCUT2D eigenvalue weighted by Gasteiger charge is -2.11. The van der Waals surface area contributed by atoms with Gasteiger partial charge in [0.15, 0.2) is 6.20 Å². The molecule has 2 nitrogen and oxygen atoms in total. The summed E-state index contributed by atoms with van der Waals surface area (Å²) in [4.78, 5) is 0. The standard InChI is InChI=1S/C29H27FNOSi/c1-18-8-11-22-23-12-13-24(30)27(19-9-10-20-16-33(3,4)17-21(20)15-19)29(23)32-28(22)26(18)25-7-5-6-14-31(25)2/h5-15H,16-17H2,1-4H3/q+1/i16D2,17D2. The number of pyridine rings is 1. The first-order valence-electron chi connectivity index (χ1n) is 13.1. The summed E-state index contributed by atoms with van der Waals surface area (Å²) < 4.78 is 59.1. The van der Waals surface area contributed by atoms with Crippen LogP contribution >= 0.6 is 0 Å². The van der Waals surface area contributed by atoms with E-state index in [1.165, 1.54) is 6.07 Å². The van der Waals surface area contributed by atoms with Crippen molar-refractivity contribution in [2.75, 3.05) is 0 Å². The maximum Gasteiger partial charge on any atom is 0.216 e. The molecule has 33 heavy (non-hydrogen) atoms. The summed E-state index contributed by atoms with van der Waals surface area (Å²) in [5, 5.41) is 1.65. The minimum Gasteiger partial charge on any atom is -0.454 e. The second-order valence-electron chi connectivity index (χ2n) is 9.37. The second kappa shape index (κ2) is 7.13. The second-order valence-corrected chi connectivity index (χ2v) is 13.1. The first-order chi connectivity index (χ1) is 17.4. The fraction of sp³-hybridized carbons (Fsp3) is 0.207. The zero-order chi connectivity index (χ0) is 26.5. The van der Waals surface area contributed by atoms with Crippen LogP contribution in [0.1, 0.15) is 22.2 Å². The Kier molecular flexibility index (Phi) is 3.54. The molecular formula is C29H27FNOSi+. The molecule has 3 aromatic carbocycles. The number of nitrogens with zero attached hydrogens (tertiary/aromatic N) is 1. The van der Waals surface area contributed by atoms with E-state index in [0.717, 1.165) is 27.6 Å². The quantitative estimate of drug-likeness (QED) is 0.205. The molecule has 0 saturated carbocycles. The van der Waals surface area contributed by atoms with Gasteiger partial charge >= 0.3 is 0 Å². The molecule has 0 aliphatic carbocycles. The number of aromatic nitrogens is 1. The van der Waals surface area contributed by atoms with Gasteiger partial charge in [0.1, 0.15) is 24.0 Å². The predicted molar refractivity (Wildman–Crippen MR) is 135 cm³/mol. The number of rotatable bonds is 2. The van der Waals surface area contributed by atoms with Gasteiger partial charge in [0, 0.05) is 28.4 Å². The Morgan fingerprint density at radius 1 is 0.909 bits per heavy atom. The summed E-state index contributed by atoms with van der Waals surface area (Å²) in [6.45, 7) is 5.50. The Labute approximate surface area is 199 Å². The fourth-order valence-electron chi connectivity index (χ4n) is 4.97. The van der Waals surface area contributed by atoms with Crippen molar-refractivity contribution in [3.8, 4) is 22.4 Å². The van der Waals surface area contributed by atoms with E-state index in [2.05, 4.69) is 0 Å². The molecule has 1 aliphatic heterocycles. The molecule has 0 amide bonds. The minimum atomic E-state index is -3.03. The van der Waals surface area contributed by atoms with Gasteiger partial charge in [-0.1, -0.05) is 43.4 Å². The van der Waals surface area contributed by atoms with E-state index in [1.54, 1.807) is 37.4 Å². The van der Waals surface area contributed by atoms with Crippen LogP contribution in [0.3, 0.4) is 0 Å². The molecule has 4 heteroatoms. The Bertz CT molecular complexity index is 1760.